The number of nitrogens with one attached hydrogen (secondary N) is 2. The highest BCUT2D eigenvalue weighted by atomic mass is 35.5. The topological polar surface area (TPSA) is 54.1 Å². The monoisotopic (exact) mass is 338 g/mol. The van der Waals surface area contributed by atoms with E-state index in [0.29, 0.717) is 17.3 Å². The van der Waals surface area contributed by atoms with E-state index in [1.54, 1.807) is 6.07 Å². The maximum absolute atomic E-state index is 13.4. The molecule has 0 radical (unpaired) electrons. The van der Waals surface area contributed by atoms with Crippen LogP contribution in [0.5, 0.6) is 0 Å². The normalized spacial score (nSPS) is 22.4. The molecule has 4 nitrogen and oxygen atoms in total. The molecule has 1 saturated heterocycles. The Morgan fingerprint density at radius 3 is 2.70 bits per heavy atom. The standard InChI is InChI=1S/C17H20ClFN2O2/c1-16(2)8-12(17(3,4)23-16)21-15(22)14-13(18)10-7-9(19)5-6-11(10)20-14/h5-7,12,20H,8H2,1-4H3,(H,21,22). The second-order valence-electron chi connectivity index (χ2n) is 7.20. The summed E-state index contributed by atoms with van der Waals surface area (Å²) >= 11 is 6.25. The molecule has 1 aliphatic heterocycles. The number of fused-ring (bicyclic) bond motifs is 1. The Morgan fingerprint density at radius 2 is 2.09 bits per heavy atom. The first-order valence-electron chi connectivity index (χ1n) is 7.57. The maximum atomic E-state index is 13.4. The number of hydrogen-bond acceptors (Lipinski definition) is 2. The molecule has 3 rings (SSSR count). The lowest BCUT2D eigenvalue weighted by atomic mass is 9.94. The molecule has 1 aliphatic rings. The zero-order valence-electron chi connectivity index (χ0n) is 13.6. The molecule has 124 valence electrons. The highest BCUT2D eigenvalue weighted by Gasteiger charge is 2.46. The van der Waals surface area contributed by atoms with E-state index >= 15 is 0 Å². The van der Waals surface area contributed by atoms with E-state index in [2.05, 4.69) is 10.3 Å². The van der Waals surface area contributed by atoms with E-state index in [9.17, 15) is 9.18 Å². The minimum atomic E-state index is -0.468. The lowest BCUT2D eigenvalue weighted by Crippen LogP contribution is -2.46. The van der Waals surface area contributed by atoms with Crippen LogP contribution in [0.15, 0.2) is 18.2 Å². The number of amides is 1. The third kappa shape index (κ3) is 2.95. The molecule has 1 atom stereocenters. The summed E-state index contributed by atoms with van der Waals surface area (Å²) in [6, 6.07) is 4.08. The van der Waals surface area contributed by atoms with Gasteiger partial charge >= 0.3 is 0 Å². The van der Waals surface area contributed by atoms with Crippen molar-refractivity contribution in [3.8, 4) is 0 Å². The summed E-state index contributed by atoms with van der Waals surface area (Å²) in [6.07, 6.45) is 0.707. The van der Waals surface area contributed by atoms with Gasteiger partial charge in [-0.3, -0.25) is 4.79 Å². The van der Waals surface area contributed by atoms with E-state index in [1.165, 1.54) is 12.1 Å². The van der Waals surface area contributed by atoms with Crippen LogP contribution in [-0.4, -0.2) is 28.1 Å². The molecule has 0 bridgehead atoms. The SMILES string of the molecule is CC1(C)CC(NC(=O)c2[nH]c3ccc(F)cc3c2Cl)C(C)(C)O1. The minimum Gasteiger partial charge on any atom is -0.367 e. The van der Waals surface area contributed by atoms with Crippen LogP contribution in [0.3, 0.4) is 0 Å². The lowest BCUT2D eigenvalue weighted by Gasteiger charge is -2.27. The Bertz CT molecular complexity index is 782. The van der Waals surface area contributed by atoms with Gasteiger partial charge in [0.15, 0.2) is 0 Å². The third-order valence-corrected chi connectivity index (χ3v) is 4.70. The van der Waals surface area contributed by atoms with Gasteiger partial charge in [0.25, 0.3) is 5.91 Å². The minimum absolute atomic E-state index is 0.135. The van der Waals surface area contributed by atoms with E-state index < -0.39 is 11.4 Å². The number of H-pyrrole nitrogens is 1. The van der Waals surface area contributed by atoms with Gasteiger partial charge in [0.2, 0.25) is 0 Å². The van der Waals surface area contributed by atoms with Crippen molar-refractivity contribution in [1.82, 2.24) is 10.3 Å². The van der Waals surface area contributed by atoms with Crippen molar-refractivity contribution >= 4 is 28.4 Å². The third-order valence-electron chi connectivity index (χ3n) is 4.30. The zero-order valence-corrected chi connectivity index (χ0v) is 14.3. The predicted octanol–water partition coefficient (Wildman–Crippen LogP) is 4.04. The molecule has 2 heterocycles. The largest absolute Gasteiger partial charge is 0.367 e. The maximum Gasteiger partial charge on any atom is 0.269 e. The van der Waals surface area contributed by atoms with Crippen molar-refractivity contribution in [3.63, 3.8) is 0 Å². The highest BCUT2D eigenvalue weighted by Crippen LogP contribution is 2.37. The van der Waals surface area contributed by atoms with Crippen LogP contribution in [0.25, 0.3) is 10.9 Å². The molecule has 23 heavy (non-hydrogen) atoms. The van der Waals surface area contributed by atoms with Crippen molar-refractivity contribution in [2.45, 2.75) is 51.4 Å². The second kappa shape index (κ2) is 5.21. The van der Waals surface area contributed by atoms with Crippen molar-refractivity contribution < 1.29 is 13.9 Å². The summed E-state index contributed by atoms with van der Waals surface area (Å²) in [5.41, 5.74) is 0.107. The summed E-state index contributed by atoms with van der Waals surface area (Å²) in [6.45, 7) is 7.91. The number of benzene rings is 1. The number of rotatable bonds is 2. The lowest BCUT2D eigenvalue weighted by molar-refractivity contribution is -0.0693. The molecule has 2 N–H and O–H groups in total. The molecule has 1 unspecified atom stereocenters. The Kier molecular flexibility index (Phi) is 3.69. The fourth-order valence-corrected chi connectivity index (χ4v) is 3.59. The van der Waals surface area contributed by atoms with Crippen LogP contribution in [0, 0.1) is 5.82 Å². The Hall–Kier alpha value is -1.59. The molecule has 2 aromatic rings. The summed E-state index contributed by atoms with van der Waals surface area (Å²) in [7, 11) is 0. The van der Waals surface area contributed by atoms with Crippen molar-refractivity contribution in [1.29, 1.82) is 0 Å². The number of carbonyl (C=O) groups is 1. The molecule has 0 spiro atoms. The van der Waals surface area contributed by atoms with Crippen molar-refractivity contribution in [2.75, 3.05) is 0 Å². The number of aromatic nitrogens is 1. The molecule has 1 aromatic heterocycles. The number of ether oxygens (including phenoxy) is 1. The van der Waals surface area contributed by atoms with Gasteiger partial charge < -0.3 is 15.0 Å². The van der Waals surface area contributed by atoms with Crippen LogP contribution in [-0.2, 0) is 4.74 Å². The van der Waals surface area contributed by atoms with E-state index in [1.807, 2.05) is 27.7 Å². The molecule has 6 heteroatoms. The van der Waals surface area contributed by atoms with E-state index in [0.717, 1.165) is 0 Å². The Balaban J connectivity index is 1.88. The van der Waals surface area contributed by atoms with E-state index in [4.69, 9.17) is 16.3 Å². The fourth-order valence-electron chi connectivity index (χ4n) is 3.31. The fraction of sp³-hybridized carbons (Fsp3) is 0.471. The Morgan fingerprint density at radius 1 is 1.39 bits per heavy atom. The van der Waals surface area contributed by atoms with Gasteiger partial charge in [0.1, 0.15) is 11.5 Å². The van der Waals surface area contributed by atoms with Gasteiger partial charge in [0, 0.05) is 10.9 Å². The first-order chi connectivity index (χ1) is 10.6. The summed E-state index contributed by atoms with van der Waals surface area (Å²) in [5.74, 6) is -0.705. The number of hydrogen-bond donors (Lipinski definition) is 2. The van der Waals surface area contributed by atoms with Crippen LogP contribution in [0.2, 0.25) is 5.02 Å². The van der Waals surface area contributed by atoms with Crippen LogP contribution >= 0.6 is 11.6 Å². The van der Waals surface area contributed by atoms with Gasteiger partial charge in [0.05, 0.1) is 22.3 Å². The smallest absolute Gasteiger partial charge is 0.269 e. The highest BCUT2D eigenvalue weighted by molar-refractivity contribution is 6.38. The summed E-state index contributed by atoms with van der Waals surface area (Å²) in [5, 5.41) is 3.71. The molecule has 0 aliphatic carbocycles. The van der Waals surface area contributed by atoms with Gasteiger partial charge in [-0.1, -0.05) is 11.6 Å². The molecular formula is C17H20ClFN2O2. The van der Waals surface area contributed by atoms with Gasteiger partial charge in [-0.15, -0.1) is 0 Å². The van der Waals surface area contributed by atoms with Crippen molar-refractivity contribution in [3.05, 3.63) is 34.7 Å². The second-order valence-corrected chi connectivity index (χ2v) is 7.58. The molecule has 1 amide bonds. The number of aromatic amines is 1. The van der Waals surface area contributed by atoms with Crippen LogP contribution in [0.1, 0.15) is 44.6 Å². The zero-order chi connectivity index (χ0) is 17.0. The molecule has 0 saturated carbocycles. The first kappa shape index (κ1) is 16.3. The van der Waals surface area contributed by atoms with Gasteiger partial charge in [-0.2, -0.15) is 0 Å². The number of carbonyl (C=O) groups excluding carboxylic acids is 1. The van der Waals surface area contributed by atoms with Crippen LogP contribution in [0.4, 0.5) is 4.39 Å². The average molecular weight is 339 g/mol. The quantitative estimate of drug-likeness (QED) is 0.868. The summed E-state index contributed by atoms with van der Waals surface area (Å²) < 4.78 is 19.3. The van der Waals surface area contributed by atoms with E-state index in [-0.39, 0.29) is 28.3 Å². The predicted molar refractivity (Wildman–Crippen MR) is 88.4 cm³/mol. The van der Waals surface area contributed by atoms with Gasteiger partial charge in [-0.05, 0) is 52.3 Å². The number of halogens is 2. The summed E-state index contributed by atoms with van der Waals surface area (Å²) in [4.78, 5) is 15.6. The van der Waals surface area contributed by atoms with Crippen molar-refractivity contribution in [2.24, 2.45) is 0 Å². The van der Waals surface area contributed by atoms with Gasteiger partial charge in [-0.25, -0.2) is 4.39 Å². The molecule has 1 aromatic carbocycles. The Labute approximate surface area is 139 Å². The molecule has 1 fully saturated rings. The average Bonchev–Trinajstić information content (AvgIpc) is 2.84. The van der Waals surface area contributed by atoms with Crippen LogP contribution < -0.4 is 5.32 Å². The first-order valence-corrected chi connectivity index (χ1v) is 7.95. The molecular weight excluding hydrogens is 319 g/mol.